The minimum absolute atomic E-state index is 0.0249. The maximum Gasteiger partial charge on any atom is 0.313 e. The molecule has 0 atom stereocenters. The molecule has 2 heterocycles. The lowest BCUT2D eigenvalue weighted by Gasteiger charge is -2.10. The van der Waals surface area contributed by atoms with Crippen LogP contribution in [0, 0.1) is 20.2 Å². The molecule has 0 N–H and O–H groups in total. The molecule has 1 aliphatic heterocycles. The van der Waals surface area contributed by atoms with E-state index in [1.165, 1.54) is 36.5 Å². The molecule has 1 aliphatic rings. The van der Waals surface area contributed by atoms with Crippen molar-refractivity contribution in [3.05, 3.63) is 68.5 Å². The molecule has 0 unspecified atom stereocenters. The minimum atomic E-state index is -0.644. The summed E-state index contributed by atoms with van der Waals surface area (Å²) in [5.74, 6) is -0.433. The molecule has 0 saturated heterocycles. The number of rotatable bonds is 4. The summed E-state index contributed by atoms with van der Waals surface area (Å²) >= 11 is 0. The molecule has 1 aromatic carbocycles. The second-order valence-corrected chi connectivity index (χ2v) is 4.85. The van der Waals surface area contributed by atoms with E-state index in [0.29, 0.717) is 11.3 Å². The number of nitro benzene ring substituents is 1. The van der Waals surface area contributed by atoms with Crippen LogP contribution in [0.3, 0.4) is 0 Å². The van der Waals surface area contributed by atoms with Crippen molar-refractivity contribution in [2.45, 2.75) is 6.42 Å². The van der Waals surface area contributed by atoms with Crippen molar-refractivity contribution in [1.29, 1.82) is 0 Å². The third-order valence-electron chi connectivity index (χ3n) is 3.39. The van der Waals surface area contributed by atoms with Crippen LogP contribution in [0.4, 0.5) is 17.1 Å². The van der Waals surface area contributed by atoms with Gasteiger partial charge in [-0.1, -0.05) is 0 Å². The number of nitrogens with zero attached hydrogens (tertiary/aromatic N) is 5. The molecule has 3 rings (SSSR count). The number of carbonyl (C=O) groups excluding carboxylic acids is 1. The number of hydrogen-bond acceptors (Lipinski definition) is 7. The molecule has 0 spiro atoms. The molecule has 0 radical (unpaired) electrons. The normalized spacial score (nSPS) is 13.8. The topological polar surface area (TPSA) is 132 Å². The third kappa shape index (κ3) is 2.67. The Labute approximate surface area is 134 Å². The van der Waals surface area contributed by atoms with Crippen LogP contribution in [-0.2, 0) is 4.79 Å². The number of hydrogen-bond donors (Lipinski definition) is 0. The summed E-state index contributed by atoms with van der Waals surface area (Å²) in [5.41, 5.74) is 0.524. The van der Waals surface area contributed by atoms with E-state index < -0.39 is 15.8 Å². The van der Waals surface area contributed by atoms with Crippen LogP contribution in [0.1, 0.15) is 12.0 Å². The van der Waals surface area contributed by atoms with Crippen molar-refractivity contribution in [3.63, 3.8) is 0 Å². The standard InChI is InChI=1S/C14H9N5O5/c20-14-7-11(9-1-3-10(4-2-9)18(21)22)16-17(14)12-5-6-15-8-13(12)19(23)24/h1-6,8H,7H2. The smallest absolute Gasteiger partial charge is 0.272 e. The lowest BCUT2D eigenvalue weighted by atomic mass is 10.1. The molecule has 120 valence electrons. The van der Waals surface area contributed by atoms with Gasteiger partial charge in [-0.3, -0.25) is 30.0 Å². The van der Waals surface area contributed by atoms with Crippen LogP contribution in [0.25, 0.3) is 0 Å². The number of pyridine rings is 1. The van der Waals surface area contributed by atoms with Gasteiger partial charge < -0.3 is 0 Å². The van der Waals surface area contributed by atoms with Crippen LogP contribution >= 0.6 is 0 Å². The Bertz CT molecular complexity index is 877. The zero-order valence-electron chi connectivity index (χ0n) is 12.0. The average molecular weight is 327 g/mol. The number of benzene rings is 1. The van der Waals surface area contributed by atoms with Crippen LogP contribution in [-0.4, -0.2) is 26.4 Å². The molecule has 1 aromatic heterocycles. The van der Waals surface area contributed by atoms with Gasteiger partial charge in [0.25, 0.3) is 11.6 Å². The Hall–Kier alpha value is -3.69. The molecule has 10 nitrogen and oxygen atoms in total. The third-order valence-corrected chi connectivity index (χ3v) is 3.39. The summed E-state index contributed by atoms with van der Waals surface area (Å²) in [5, 5.41) is 26.8. The fourth-order valence-electron chi connectivity index (χ4n) is 2.25. The summed E-state index contributed by atoms with van der Waals surface area (Å²) in [6.45, 7) is 0. The van der Waals surface area contributed by atoms with Crippen molar-refractivity contribution in [2.75, 3.05) is 5.01 Å². The number of anilines is 1. The second kappa shape index (κ2) is 5.83. The first-order valence-electron chi connectivity index (χ1n) is 6.71. The van der Waals surface area contributed by atoms with E-state index in [2.05, 4.69) is 10.1 Å². The van der Waals surface area contributed by atoms with E-state index in [9.17, 15) is 25.0 Å². The number of amides is 1. The van der Waals surface area contributed by atoms with Gasteiger partial charge in [0.1, 0.15) is 11.9 Å². The lowest BCUT2D eigenvalue weighted by Crippen LogP contribution is -2.20. The average Bonchev–Trinajstić information content (AvgIpc) is 2.96. The van der Waals surface area contributed by atoms with Crippen molar-refractivity contribution in [2.24, 2.45) is 5.10 Å². The van der Waals surface area contributed by atoms with E-state index in [1.807, 2.05) is 0 Å². The predicted octanol–water partition coefficient (Wildman–Crippen LogP) is 2.04. The van der Waals surface area contributed by atoms with Gasteiger partial charge in [-0.05, 0) is 23.8 Å². The highest BCUT2D eigenvalue weighted by molar-refractivity contribution is 6.19. The highest BCUT2D eigenvalue weighted by Gasteiger charge is 2.31. The van der Waals surface area contributed by atoms with Gasteiger partial charge >= 0.3 is 5.69 Å². The number of carbonyl (C=O) groups is 1. The minimum Gasteiger partial charge on any atom is -0.272 e. The Morgan fingerprint density at radius 3 is 2.38 bits per heavy atom. The number of nitro groups is 2. The largest absolute Gasteiger partial charge is 0.313 e. The molecule has 24 heavy (non-hydrogen) atoms. The summed E-state index contributed by atoms with van der Waals surface area (Å²) in [4.78, 5) is 36.4. The lowest BCUT2D eigenvalue weighted by molar-refractivity contribution is -0.384. The van der Waals surface area contributed by atoms with E-state index in [4.69, 9.17) is 0 Å². The quantitative estimate of drug-likeness (QED) is 0.623. The molecular weight excluding hydrogens is 318 g/mol. The van der Waals surface area contributed by atoms with Gasteiger partial charge in [-0.2, -0.15) is 10.1 Å². The first kappa shape index (κ1) is 15.2. The maximum absolute atomic E-state index is 12.2. The van der Waals surface area contributed by atoms with Crippen LogP contribution in [0.15, 0.2) is 47.8 Å². The van der Waals surface area contributed by atoms with Crippen molar-refractivity contribution in [1.82, 2.24) is 4.98 Å². The van der Waals surface area contributed by atoms with Crippen LogP contribution < -0.4 is 5.01 Å². The van der Waals surface area contributed by atoms with E-state index in [1.54, 1.807) is 0 Å². The summed E-state index contributed by atoms with van der Waals surface area (Å²) in [7, 11) is 0. The van der Waals surface area contributed by atoms with Crippen molar-refractivity contribution >= 4 is 28.7 Å². The predicted molar refractivity (Wildman–Crippen MR) is 82.6 cm³/mol. The van der Waals surface area contributed by atoms with Gasteiger partial charge in [0.2, 0.25) is 0 Å². The van der Waals surface area contributed by atoms with E-state index in [-0.39, 0.29) is 23.5 Å². The van der Waals surface area contributed by atoms with Gasteiger partial charge in [0.15, 0.2) is 0 Å². The number of aromatic nitrogens is 1. The van der Waals surface area contributed by atoms with Crippen molar-refractivity contribution in [3.8, 4) is 0 Å². The highest BCUT2D eigenvalue weighted by Crippen LogP contribution is 2.30. The Kier molecular flexibility index (Phi) is 3.70. The molecule has 2 aromatic rings. The van der Waals surface area contributed by atoms with E-state index >= 15 is 0 Å². The zero-order chi connectivity index (χ0) is 17.3. The molecular formula is C14H9N5O5. The summed E-state index contributed by atoms with van der Waals surface area (Å²) in [6.07, 6.45) is 2.31. The number of hydrazone groups is 1. The molecule has 1 amide bonds. The Morgan fingerprint density at radius 1 is 1.04 bits per heavy atom. The van der Waals surface area contributed by atoms with Gasteiger partial charge in [0.05, 0.1) is 22.0 Å². The van der Waals surface area contributed by atoms with Crippen molar-refractivity contribution < 1.29 is 14.6 Å². The fourth-order valence-corrected chi connectivity index (χ4v) is 2.25. The first-order valence-corrected chi connectivity index (χ1v) is 6.71. The molecule has 0 fully saturated rings. The maximum atomic E-state index is 12.2. The fraction of sp³-hybridized carbons (Fsp3) is 0.0714. The second-order valence-electron chi connectivity index (χ2n) is 4.85. The molecule has 0 bridgehead atoms. The Morgan fingerprint density at radius 2 is 1.75 bits per heavy atom. The first-order chi connectivity index (χ1) is 11.5. The molecule has 10 heteroatoms. The molecule has 0 saturated carbocycles. The monoisotopic (exact) mass is 327 g/mol. The van der Waals surface area contributed by atoms with Gasteiger partial charge in [-0.15, -0.1) is 0 Å². The summed E-state index contributed by atoms with van der Waals surface area (Å²) in [6, 6.07) is 6.90. The SMILES string of the molecule is O=C1CC(c2ccc([N+](=O)[O-])cc2)=NN1c1ccncc1[N+](=O)[O-]. The molecule has 0 aliphatic carbocycles. The van der Waals surface area contributed by atoms with Gasteiger partial charge in [-0.25, -0.2) is 0 Å². The van der Waals surface area contributed by atoms with Crippen LogP contribution in [0.2, 0.25) is 0 Å². The highest BCUT2D eigenvalue weighted by atomic mass is 16.6. The van der Waals surface area contributed by atoms with Crippen LogP contribution in [0.5, 0.6) is 0 Å². The number of non-ortho nitro benzene ring substituents is 1. The van der Waals surface area contributed by atoms with Gasteiger partial charge in [0, 0.05) is 18.3 Å². The van der Waals surface area contributed by atoms with E-state index in [0.717, 1.165) is 11.2 Å². The zero-order valence-corrected chi connectivity index (χ0v) is 12.0. The Balaban J connectivity index is 1.96. The summed E-state index contributed by atoms with van der Waals surface area (Å²) < 4.78 is 0.